The number of pyridine rings is 1. The molecule has 0 bridgehead atoms. The summed E-state index contributed by atoms with van der Waals surface area (Å²) in [5.74, 6) is -4.60. The van der Waals surface area contributed by atoms with E-state index in [2.05, 4.69) is 10.3 Å². The molecular formula is C25H22N2O7. The minimum absolute atomic E-state index is 0.0858. The summed E-state index contributed by atoms with van der Waals surface area (Å²) in [5.41, 5.74) is 1.93. The van der Waals surface area contributed by atoms with Gasteiger partial charge < -0.3 is 19.9 Å². The van der Waals surface area contributed by atoms with E-state index < -0.39 is 36.0 Å². The highest BCUT2D eigenvalue weighted by Gasteiger charge is 2.41. The second-order valence-corrected chi connectivity index (χ2v) is 7.46. The van der Waals surface area contributed by atoms with Gasteiger partial charge in [-0.2, -0.15) is 0 Å². The number of ether oxygens (including phenoxy) is 2. The first kappa shape index (κ1) is 24.1. The van der Waals surface area contributed by atoms with Gasteiger partial charge in [0.15, 0.2) is 0 Å². The summed E-state index contributed by atoms with van der Waals surface area (Å²) in [6, 6.07) is 15.7. The van der Waals surface area contributed by atoms with Crippen LogP contribution >= 0.6 is 0 Å². The van der Waals surface area contributed by atoms with Crippen LogP contribution in [0.2, 0.25) is 0 Å². The van der Waals surface area contributed by atoms with Crippen molar-refractivity contribution >= 4 is 29.5 Å². The van der Waals surface area contributed by atoms with Gasteiger partial charge >= 0.3 is 17.9 Å². The highest BCUT2D eigenvalue weighted by atomic mass is 16.6. The third-order valence-electron chi connectivity index (χ3n) is 4.68. The van der Waals surface area contributed by atoms with Crippen molar-refractivity contribution in [3.8, 4) is 0 Å². The Morgan fingerprint density at radius 3 is 1.85 bits per heavy atom. The fraction of sp³-hybridized carbons (Fsp3) is 0.160. The maximum absolute atomic E-state index is 13.0. The number of carbonyl (C=O) groups is 4. The van der Waals surface area contributed by atoms with Gasteiger partial charge in [0.2, 0.25) is 12.2 Å². The van der Waals surface area contributed by atoms with Gasteiger partial charge in [-0.1, -0.05) is 35.4 Å². The number of aromatic nitrogens is 1. The molecule has 2 N–H and O–H groups in total. The van der Waals surface area contributed by atoms with Gasteiger partial charge in [0, 0.05) is 6.20 Å². The zero-order valence-corrected chi connectivity index (χ0v) is 18.4. The monoisotopic (exact) mass is 462 g/mol. The van der Waals surface area contributed by atoms with E-state index in [-0.39, 0.29) is 16.8 Å². The van der Waals surface area contributed by atoms with E-state index in [1.165, 1.54) is 42.7 Å². The second kappa shape index (κ2) is 10.9. The smallest absolute Gasteiger partial charge is 0.349 e. The Kier molecular flexibility index (Phi) is 7.71. The van der Waals surface area contributed by atoms with Gasteiger partial charge in [0.25, 0.3) is 5.91 Å². The number of hydrogen-bond acceptors (Lipinski definition) is 7. The maximum atomic E-state index is 13.0. The van der Waals surface area contributed by atoms with Gasteiger partial charge in [0.05, 0.1) is 23.0 Å². The van der Waals surface area contributed by atoms with Gasteiger partial charge in [-0.15, -0.1) is 0 Å². The minimum atomic E-state index is -2.11. The Labute approximate surface area is 195 Å². The molecule has 0 saturated carbocycles. The van der Waals surface area contributed by atoms with Gasteiger partial charge in [0.1, 0.15) is 0 Å². The largest absolute Gasteiger partial charge is 0.478 e. The molecule has 2 aromatic carbocycles. The van der Waals surface area contributed by atoms with Crippen LogP contribution in [0.3, 0.4) is 0 Å². The molecule has 0 aliphatic heterocycles. The lowest BCUT2D eigenvalue weighted by molar-refractivity contribution is -0.157. The summed E-state index contributed by atoms with van der Waals surface area (Å²) in [6.07, 6.45) is -1.29. The molecule has 0 aliphatic rings. The molecule has 9 heteroatoms. The Bertz CT molecular complexity index is 1210. The van der Waals surface area contributed by atoms with Crippen molar-refractivity contribution in [1.29, 1.82) is 0 Å². The number of carbonyl (C=O) groups excluding carboxylic acids is 3. The summed E-state index contributed by atoms with van der Waals surface area (Å²) < 4.78 is 10.4. The van der Waals surface area contributed by atoms with Crippen LogP contribution in [0.5, 0.6) is 0 Å². The number of rotatable bonds is 8. The summed E-state index contributed by atoms with van der Waals surface area (Å²) in [4.78, 5) is 54.3. The van der Waals surface area contributed by atoms with Crippen molar-refractivity contribution in [2.45, 2.75) is 26.1 Å². The molecule has 0 fully saturated rings. The minimum Gasteiger partial charge on any atom is -0.478 e. The van der Waals surface area contributed by atoms with Crippen molar-refractivity contribution in [3.05, 3.63) is 95.3 Å². The SMILES string of the molecule is Cc1cccc(C(=O)O[C@H](C(=O)Nc2cccnc2)[C@@H](OC(=O)c2cccc(C)c2)C(=O)O)c1. The van der Waals surface area contributed by atoms with Crippen molar-refractivity contribution in [2.24, 2.45) is 0 Å². The Hall–Kier alpha value is -4.53. The van der Waals surface area contributed by atoms with Crippen molar-refractivity contribution in [3.63, 3.8) is 0 Å². The number of aliphatic carboxylic acids is 1. The molecule has 34 heavy (non-hydrogen) atoms. The first-order chi connectivity index (χ1) is 16.2. The van der Waals surface area contributed by atoms with Crippen molar-refractivity contribution in [2.75, 3.05) is 5.32 Å². The number of nitrogens with zero attached hydrogens (tertiary/aromatic N) is 1. The van der Waals surface area contributed by atoms with Crippen LogP contribution < -0.4 is 5.32 Å². The van der Waals surface area contributed by atoms with Crippen LogP contribution in [0.15, 0.2) is 73.1 Å². The number of benzene rings is 2. The average Bonchev–Trinajstić information content (AvgIpc) is 2.81. The number of anilines is 1. The zero-order chi connectivity index (χ0) is 24.7. The Morgan fingerprint density at radius 1 is 0.824 bits per heavy atom. The predicted octanol–water partition coefficient (Wildman–Crippen LogP) is 3.17. The molecule has 2 atom stereocenters. The van der Waals surface area contributed by atoms with Crippen LogP contribution in [-0.2, 0) is 19.1 Å². The maximum Gasteiger partial charge on any atom is 0.349 e. The molecule has 1 amide bonds. The second-order valence-electron chi connectivity index (χ2n) is 7.46. The number of amides is 1. The fourth-order valence-electron chi connectivity index (χ4n) is 3.06. The predicted molar refractivity (Wildman–Crippen MR) is 121 cm³/mol. The van der Waals surface area contributed by atoms with E-state index in [0.717, 1.165) is 11.1 Å². The summed E-state index contributed by atoms with van der Waals surface area (Å²) in [5, 5.41) is 12.2. The summed E-state index contributed by atoms with van der Waals surface area (Å²) in [6.45, 7) is 3.51. The van der Waals surface area contributed by atoms with Gasteiger partial charge in [-0.3, -0.25) is 9.78 Å². The first-order valence-electron chi connectivity index (χ1n) is 10.2. The lowest BCUT2D eigenvalue weighted by Crippen LogP contribution is -2.48. The van der Waals surface area contributed by atoms with E-state index in [0.29, 0.717) is 0 Å². The molecule has 0 radical (unpaired) electrons. The molecule has 1 aromatic heterocycles. The number of carboxylic acid groups (broad SMARTS) is 1. The van der Waals surface area contributed by atoms with Crippen LogP contribution in [0.4, 0.5) is 5.69 Å². The standard InChI is InChI=1S/C25H22N2O7/c1-15-6-3-8-17(12-15)24(31)33-20(22(28)27-19-10-5-11-26-14-19)21(23(29)30)34-25(32)18-9-4-7-16(2)13-18/h3-14,20-21H,1-2H3,(H,27,28)(H,29,30)/t20-,21+/m0/s1. The molecule has 9 nitrogen and oxygen atoms in total. The van der Waals surface area contributed by atoms with Crippen molar-refractivity contribution < 1.29 is 33.8 Å². The molecule has 0 spiro atoms. The molecule has 174 valence electrons. The number of nitrogens with one attached hydrogen (secondary N) is 1. The van der Waals surface area contributed by atoms with E-state index >= 15 is 0 Å². The molecule has 0 saturated heterocycles. The number of hydrogen-bond donors (Lipinski definition) is 2. The zero-order valence-electron chi connectivity index (χ0n) is 18.4. The van der Waals surface area contributed by atoms with Crippen LogP contribution in [0.25, 0.3) is 0 Å². The number of aryl methyl sites for hydroxylation is 2. The summed E-state index contributed by atoms with van der Waals surface area (Å²) in [7, 11) is 0. The fourth-order valence-corrected chi connectivity index (χ4v) is 3.06. The highest BCUT2D eigenvalue weighted by Crippen LogP contribution is 2.16. The lowest BCUT2D eigenvalue weighted by Gasteiger charge is -2.23. The first-order valence-corrected chi connectivity index (χ1v) is 10.2. The highest BCUT2D eigenvalue weighted by molar-refractivity contribution is 6.01. The quantitative estimate of drug-likeness (QED) is 0.488. The molecule has 0 unspecified atom stereocenters. The van der Waals surface area contributed by atoms with Crippen molar-refractivity contribution in [1.82, 2.24) is 4.98 Å². The van der Waals surface area contributed by atoms with E-state index in [9.17, 15) is 24.3 Å². The van der Waals surface area contributed by atoms with E-state index in [1.54, 1.807) is 44.2 Å². The van der Waals surface area contributed by atoms with Gasteiger partial charge in [-0.05, 0) is 50.2 Å². The topological polar surface area (TPSA) is 132 Å². The van der Waals surface area contributed by atoms with Crippen LogP contribution in [0, 0.1) is 13.8 Å². The van der Waals surface area contributed by atoms with E-state index in [4.69, 9.17) is 9.47 Å². The third-order valence-corrected chi connectivity index (χ3v) is 4.68. The summed E-state index contributed by atoms with van der Waals surface area (Å²) >= 11 is 0. The van der Waals surface area contributed by atoms with E-state index in [1.807, 2.05) is 0 Å². The molecule has 1 heterocycles. The average molecular weight is 462 g/mol. The molecule has 3 aromatic rings. The lowest BCUT2D eigenvalue weighted by atomic mass is 10.1. The third kappa shape index (κ3) is 6.26. The number of esters is 2. The Balaban J connectivity index is 1.91. The Morgan fingerprint density at radius 2 is 1.38 bits per heavy atom. The molecule has 3 rings (SSSR count). The van der Waals surface area contributed by atoms with Crippen LogP contribution in [-0.4, -0.2) is 46.1 Å². The van der Waals surface area contributed by atoms with Crippen LogP contribution in [0.1, 0.15) is 31.8 Å². The normalized spacial score (nSPS) is 12.2. The van der Waals surface area contributed by atoms with Gasteiger partial charge in [-0.25, -0.2) is 14.4 Å². The molecule has 0 aliphatic carbocycles. The number of carboxylic acids is 1. The molecular weight excluding hydrogens is 440 g/mol.